The van der Waals surface area contributed by atoms with Crippen LogP contribution in [0.25, 0.3) is 10.8 Å². The van der Waals surface area contributed by atoms with Gasteiger partial charge in [-0.1, -0.05) is 61.7 Å². The van der Waals surface area contributed by atoms with Crippen molar-refractivity contribution in [1.29, 1.82) is 0 Å². The highest BCUT2D eigenvalue weighted by Gasteiger charge is 2.27. The van der Waals surface area contributed by atoms with E-state index in [1.807, 2.05) is 48.7 Å². The molecule has 1 saturated carbocycles. The van der Waals surface area contributed by atoms with Crippen molar-refractivity contribution < 1.29 is 9.18 Å². The number of rotatable bonds is 6. The van der Waals surface area contributed by atoms with Gasteiger partial charge in [0.05, 0.1) is 6.54 Å². The van der Waals surface area contributed by atoms with E-state index >= 15 is 0 Å². The Morgan fingerprint density at radius 2 is 1.70 bits per heavy atom. The quantitative estimate of drug-likeness (QED) is 0.323. The molecule has 0 unspecified atom stereocenters. The Bertz CT molecular complexity index is 1260. The van der Waals surface area contributed by atoms with Crippen LogP contribution in [0.5, 0.6) is 0 Å². The molecule has 1 aromatic heterocycles. The molecule has 5 rings (SSSR count). The van der Waals surface area contributed by atoms with Gasteiger partial charge in [0.15, 0.2) is 0 Å². The van der Waals surface area contributed by atoms with Crippen LogP contribution in [0.15, 0.2) is 85.1 Å². The van der Waals surface area contributed by atoms with Gasteiger partial charge >= 0.3 is 0 Å². The predicted octanol–water partition coefficient (Wildman–Crippen LogP) is 6.80. The van der Waals surface area contributed by atoms with E-state index in [-0.39, 0.29) is 17.8 Å². The molecular formula is C29H29FN2O. The van der Waals surface area contributed by atoms with Gasteiger partial charge in [0, 0.05) is 30.0 Å². The molecule has 0 N–H and O–H groups in total. The molecule has 168 valence electrons. The van der Waals surface area contributed by atoms with Gasteiger partial charge in [-0.25, -0.2) is 4.39 Å². The Morgan fingerprint density at radius 1 is 0.879 bits per heavy atom. The number of hydrogen-bond donors (Lipinski definition) is 0. The summed E-state index contributed by atoms with van der Waals surface area (Å²) in [5.41, 5.74) is 2.72. The van der Waals surface area contributed by atoms with Crippen LogP contribution in [-0.2, 0) is 13.1 Å². The van der Waals surface area contributed by atoms with Crippen LogP contribution in [0.3, 0.4) is 0 Å². The van der Waals surface area contributed by atoms with Gasteiger partial charge in [-0.05, 0) is 65.6 Å². The minimum Gasteiger partial charge on any atom is -0.345 e. The van der Waals surface area contributed by atoms with Crippen molar-refractivity contribution in [1.82, 2.24) is 9.47 Å². The molecule has 3 nitrogen and oxygen atoms in total. The topological polar surface area (TPSA) is 25.2 Å². The maximum atomic E-state index is 13.8. The summed E-state index contributed by atoms with van der Waals surface area (Å²) in [5.74, 6) is -0.136. The average Bonchev–Trinajstić information content (AvgIpc) is 3.29. The molecule has 1 heterocycles. The Morgan fingerprint density at radius 3 is 2.52 bits per heavy atom. The van der Waals surface area contributed by atoms with Crippen molar-refractivity contribution in [2.75, 3.05) is 0 Å². The largest absolute Gasteiger partial charge is 0.345 e. The fraction of sp³-hybridized carbons (Fsp3) is 0.276. The van der Waals surface area contributed by atoms with Gasteiger partial charge in [0.25, 0.3) is 5.91 Å². The normalized spacial score (nSPS) is 14.5. The molecule has 0 saturated heterocycles. The van der Waals surface area contributed by atoms with Crippen molar-refractivity contribution >= 4 is 16.7 Å². The number of benzene rings is 3. The first-order valence-electron chi connectivity index (χ1n) is 11.9. The van der Waals surface area contributed by atoms with E-state index < -0.39 is 0 Å². The number of aromatic nitrogens is 1. The maximum Gasteiger partial charge on any atom is 0.254 e. The smallest absolute Gasteiger partial charge is 0.254 e. The Kier molecular flexibility index (Phi) is 6.25. The van der Waals surface area contributed by atoms with E-state index in [2.05, 4.69) is 27.7 Å². The first kappa shape index (κ1) is 21.4. The number of carbonyl (C=O) groups is 1. The monoisotopic (exact) mass is 440 g/mol. The number of fused-ring (bicyclic) bond motifs is 1. The SMILES string of the molecule is O=C(c1ccc2ccccc2c1)N(Cc1cccn1Cc1cccc(F)c1)C1CCCCC1. The molecule has 4 aromatic rings. The second kappa shape index (κ2) is 9.62. The zero-order valence-electron chi connectivity index (χ0n) is 18.8. The molecule has 0 aliphatic heterocycles. The van der Waals surface area contributed by atoms with E-state index in [0.717, 1.165) is 53.3 Å². The highest BCUT2D eigenvalue weighted by atomic mass is 19.1. The Balaban J connectivity index is 1.43. The lowest BCUT2D eigenvalue weighted by molar-refractivity contribution is 0.0609. The van der Waals surface area contributed by atoms with Gasteiger partial charge in [0.1, 0.15) is 5.82 Å². The third-order valence-electron chi connectivity index (χ3n) is 6.77. The number of hydrogen-bond acceptors (Lipinski definition) is 1. The van der Waals surface area contributed by atoms with Crippen LogP contribution in [0.4, 0.5) is 4.39 Å². The van der Waals surface area contributed by atoms with E-state index in [1.165, 1.54) is 12.5 Å². The predicted molar refractivity (Wildman–Crippen MR) is 131 cm³/mol. The van der Waals surface area contributed by atoms with E-state index in [0.29, 0.717) is 13.1 Å². The van der Waals surface area contributed by atoms with E-state index in [1.54, 1.807) is 12.1 Å². The summed E-state index contributed by atoms with van der Waals surface area (Å²) in [6, 6.07) is 25.2. The maximum absolute atomic E-state index is 13.8. The molecule has 0 bridgehead atoms. The van der Waals surface area contributed by atoms with E-state index in [9.17, 15) is 9.18 Å². The van der Waals surface area contributed by atoms with Crippen LogP contribution in [0, 0.1) is 5.82 Å². The Labute approximate surface area is 194 Å². The molecule has 1 aliphatic rings. The van der Waals surface area contributed by atoms with Crippen LogP contribution < -0.4 is 0 Å². The summed E-state index contributed by atoms with van der Waals surface area (Å²) in [6.07, 6.45) is 7.67. The zero-order chi connectivity index (χ0) is 22.6. The lowest BCUT2D eigenvalue weighted by Crippen LogP contribution is -2.41. The van der Waals surface area contributed by atoms with Crippen molar-refractivity contribution in [2.45, 2.75) is 51.2 Å². The van der Waals surface area contributed by atoms with Crippen LogP contribution in [0.2, 0.25) is 0 Å². The van der Waals surface area contributed by atoms with Gasteiger partial charge in [0.2, 0.25) is 0 Å². The van der Waals surface area contributed by atoms with Crippen LogP contribution in [-0.4, -0.2) is 21.4 Å². The van der Waals surface area contributed by atoms with Crippen LogP contribution >= 0.6 is 0 Å². The minimum absolute atomic E-state index is 0.0890. The van der Waals surface area contributed by atoms with Crippen molar-refractivity contribution in [3.63, 3.8) is 0 Å². The zero-order valence-corrected chi connectivity index (χ0v) is 18.8. The molecule has 3 aromatic carbocycles. The van der Waals surface area contributed by atoms with Crippen molar-refractivity contribution in [2.24, 2.45) is 0 Å². The number of nitrogens with zero attached hydrogens (tertiary/aromatic N) is 2. The second-order valence-corrected chi connectivity index (χ2v) is 9.04. The first-order valence-corrected chi connectivity index (χ1v) is 11.9. The van der Waals surface area contributed by atoms with Crippen molar-refractivity contribution in [3.8, 4) is 0 Å². The molecule has 1 amide bonds. The highest BCUT2D eigenvalue weighted by Crippen LogP contribution is 2.27. The summed E-state index contributed by atoms with van der Waals surface area (Å²) < 4.78 is 15.8. The summed E-state index contributed by atoms with van der Waals surface area (Å²) in [6.45, 7) is 1.14. The molecular weight excluding hydrogens is 411 g/mol. The summed E-state index contributed by atoms with van der Waals surface area (Å²) in [4.78, 5) is 15.9. The molecule has 1 aliphatic carbocycles. The van der Waals surface area contributed by atoms with Gasteiger partial charge in [-0.2, -0.15) is 0 Å². The summed E-state index contributed by atoms with van der Waals surface area (Å²) in [5, 5.41) is 2.23. The van der Waals surface area contributed by atoms with Crippen LogP contribution in [0.1, 0.15) is 53.7 Å². The number of amides is 1. The second-order valence-electron chi connectivity index (χ2n) is 9.04. The third-order valence-corrected chi connectivity index (χ3v) is 6.77. The lowest BCUT2D eigenvalue weighted by atomic mass is 9.93. The van der Waals surface area contributed by atoms with Gasteiger partial charge in [-0.15, -0.1) is 0 Å². The molecule has 0 atom stereocenters. The fourth-order valence-electron chi connectivity index (χ4n) is 5.00. The highest BCUT2D eigenvalue weighted by molar-refractivity contribution is 5.98. The molecule has 1 fully saturated rings. The number of carbonyl (C=O) groups excluding carboxylic acids is 1. The standard InChI is InChI=1S/C29H29FN2O/c30-26-11-6-8-22(18-26)20-31-17-7-14-28(31)21-32(27-12-2-1-3-13-27)29(33)25-16-15-23-9-4-5-10-24(23)19-25/h4-11,14-19,27H,1-3,12-13,20-21H2. The fourth-order valence-corrected chi connectivity index (χ4v) is 5.00. The first-order chi connectivity index (χ1) is 16.2. The average molecular weight is 441 g/mol. The van der Waals surface area contributed by atoms with Gasteiger partial charge in [-0.3, -0.25) is 4.79 Å². The molecule has 33 heavy (non-hydrogen) atoms. The van der Waals surface area contributed by atoms with Crippen molar-refractivity contribution in [3.05, 3.63) is 108 Å². The minimum atomic E-state index is -0.225. The molecule has 0 spiro atoms. The summed E-state index contributed by atoms with van der Waals surface area (Å²) >= 11 is 0. The summed E-state index contributed by atoms with van der Waals surface area (Å²) in [7, 11) is 0. The van der Waals surface area contributed by atoms with E-state index in [4.69, 9.17) is 0 Å². The van der Waals surface area contributed by atoms with Gasteiger partial charge < -0.3 is 9.47 Å². The number of halogens is 1. The lowest BCUT2D eigenvalue weighted by Gasteiger charge is -2.35. The Hall–Kier alpha value is -3.40. The molecule has 4 heteroatoms. The third kappa shape index (κ3) is 4.85. The molecule has 0 radical (unpaired) electrons.